The van der Waals surface area contributed by atoms with Gasteiger partial charge in [-0.15, -0.1) is 11.8 Å². The van der Waals surface area contributed by atoms with Crippen LogP contribution >= 0.6 is 393 Å². The number of thiol groups is 19. The molecule has 0 aliphatic carbocycles. The Balaban J connectivity index is -0.000000128. The van der Waals surface area contributed by atoms with Gasteiger partial charge in [0.25, 0.3) is 0 Å². The molecular formula is C54H124O8S32. The van der Waals surface area contributed by atoms with E-state index in [1.165, 1.54) is 73.0 Å². The van der Waals surface area contributed by atoms with Crippen molar-refractivity contribution in [2.75, 3.05) is 234 Å². The van der Waals surface area contributed by atoms with Crippen LogP contribution in [0.25, 0.3) is 0 Å². The highest BCUT2D eigenvalue weighted by Gasteiger charge is 2.17. The number of aliphatic hydroxyl groups excluding tert-OH is 6. The van der Waals surface area contributed by atoms with E-state index in [0.29, 0.717) is 36.7 Å². The number of carbonyl (C=O) groups excluding carboxylic acids is 1. The lowest BCUT2D eigenvalue weighted by Gasteiger charge is -2.20. The van der Waals surface area contributed by atoms with Gasteiger partial charge in [-0.05, 0) is 77.6 Å². The van der Waals surface area contributed by atoms with Crippen LogP contribution in [0.15, 0.2) is 0 Å². The molecule has 11 unspecified atom stereocenters. The zero-order valence-corrected chi connectivity index (χ0v) is 82.6. The Morgan fingerprint density at radius 2 is 0.564 bits per heavy atom. The number of ketones is 1. The van der Waals surface area contributed by atoms with Crippen molar-refractivity contribution in [1.29, 1.82) is 0 Å². The third-order valence-corrected chi connectivity index (χ3v) is 36.6. The molecule has 580 valence electrons. The van der Waals surface area contributed by atoms with E-state index in [-0.39, 0.29) is 30.5 Å². The lowest BCUT2D eigenvalue weighted by Crippen LogP contribution is -2.28. The molecule has 94 heavy (non-hydrogen) atoms. The van der Waals surface area contributed by atoms with Gasteiger partial charge in [-0.1, -0.05) is 0 Å². The highest BCUT2D eigenvalue weighted by atomic mass is 32.2. The summed E-state index contributed by atoms with van der Waals surface area (Å²) < 4.78 is 4.20. The Morgan fingerprint density at radius 1 is 0.330 bits per heavy atom. The van der Waals surface area contributed by atoms with E-state index in [2.05, 4.69) is 245 Å². The molecule has 40 heteroatoms. The van der Waals surface area contributed by atoms with Crippen LogP contribution in [0, 0.1) is 0 Å². The van der Waals surface area contributed by atoms with Crippen molar-refractivity contribution in [3.8, 4) is 0 Å². The van der Waals surface area contributed by atoms with Gasteiger partial charge in [0.15, 0.2) is 6.29 Å². The third kappa shape index (κ3) is 116. The van der Waals surface area contributed by atoms with Gasteiger partial charge in [0.05, 0.1) is 25.4 Å². The molecule has 0 aromatic rings. The summed E-state index contributed by atoms with van der Waals surface area (Å²) in [6, 6.07) is 0. The first-order chi connectivity index (χ1) is 45.2. The number of rotatable bonds is 55. The van der Waals surface area contributed by atoms with Gasteiger partial charge >= 0.3 is 0 Å². The molecule has 0 radical (unpaired) electrons. The summed E-state index contributed by atoms with van der Waals surface area (Å²) in [5.74, 6) is 36.7. The van der Waals surface area contributed by atoms with E-state index < -0.39 is 23.9 Å². The second kappa shape index (κ2) is 112. The number of hydrogen-bond acceptors (Lipinski definition) is 40. The minimum Gasteiger partial charge on any atom is -0.393 e. The number of carbonyl (C=O) groups is 1. The molecule has 0 bridgehead atoms. The van der Waals surface area contributed by atoms with Crippen LogP contribution in [0.4, 0.5) is 0 Å². The van der Waals surface area contributed by atoms with Crippen molar-refractivity contribution in [3.63, 3.8) is 0 Å². The average Bonchev–Trinajstić information content (AvgIpc) is 3.80. The summed E-state index contributed by atoms with van der Waals surface area (Å²) in [6.45, 7) is 2.57. The first-order valence-corrected chi connectivity index (χ1v) is 55.8. The van der Waals surface area contributed by atoms with Crippen molar-refractivity contribution in [3.05, 3.63) is 0 Å². The van der Waals surface area contributed by atoms with E-state index in [1.54, 1.807) is 6.26 Å². The highest BCUT2D eigenvalue weighted by molar-refractivity contribution is 8.08. The number of ether oxygens (including phenoxy) is 1. The quantitative estimate of drug-likeness (QED) is 0.0159. The summed E-state index contributed by atoms with van der Waals surface area (Å²) in [6.07, 6.45) is -0.752. The van der Waals surface area contributed by atoms with Crippen LogP contribution in [-0.4, -0.2) is 331 Å². The molecule has 8 nitrogen and oxygen atoms in total. The maximum absolute atomic E-state index is 9.44. The van der Waals surface area contributed by atoms with Gasteiger partial charge in [-0.3, -0.25) is 0 Å². The van der Waals surface area contributed by atoms with Crippen LogP contribution < -0.4 is 0 Å². The van der Waals surface area contributed by atoms with Crippen LogP contribution in [0.3, 0.4) is 0 Å². The van der Waals surface area contributed by atoms with Crippen LogP contribution in [-0.2, 0) is 9.53 Å². The van der Waals surface area contributed by atoms with E-state index in [9.17, 15) is 4.79 Å². The molecule has 0 rings (SSSR count). The molecule has 0 aliphatic rings. The van der Waals surface area contributed by atoms with Gasteiger partial charge in [0.1, 0.15) is 11.2 Å². The van der Waals surface area contributed by atoms with Crippen molar-refractivity contribution >= 4 is 399 Å². The largest absolute Gasteiger partial charge is 0.393 e. The molecule has 0 aromatic heterocycles. The summed E-state index contributed by atoms with van der Waals surface area (Å²) in [5, 5.41) is 54.7. The fourth-order valence-corrected chi connectivity index (χ4v) is 25.1. The molecular weight excluding hydrogens is 1800 g/mol. The minimum absolute atomic E-state index is 0.152. The molecule has 0 aromatic carbocycles. The lowest BCUT2D eigenvalue weighted by atomic mass is 10.3. The minimum atomic E-state index is -1.01. The number of aliphatic hydroxyl groups is 6. The van der Waals surface area contributed by atoms with Gasteiger partial charge < -0.3 is 40.2 Å². The number of methoxy groups -OCH3 is 1. The van der Waals surface area contributed by atoms with Crippen LogP contribution in [0.2, 0.25) is 0 Å². The number of thioether (sulfide) groups is 13. The molecule has 0 saturated heterocycles. The smallest absolute Gasteiger partial charge is 0.177 e. The molecule has 0 amide bonds. The maximum Gasteiger partial charge on any atom is 0.177 e. The summed E-state index contributed by atoms with van der Waals surface area (Å²) in [5.41, 5.74) is -0.593. The molecule has 11 atom stereocenters. The monoisotopic (exact) mass is 1920 g/mol. The second-order valence-corrected chi connectivity index (χ2v) is 41.7. The standard InChI is InChI=1S/3C10H22S7.C7H16S5.C4H10O2S2.C4H10S3.C3H8O3.C3H8O2S.C3H6O/c11-1-3-16-9(5-13)7-15-8-10(6-14)17-4-2-12;11-1-3-15-7-9(5-13)17-8-10(6-14)16-4-2-12;11-1-3-15-7-9(5-13)17-10(6-14)8-16-4-2-12;8-1-3-11-6-7(5-10)12-4-2-9;5-3(1-7)4(6)2-8;5-1-3-7-4-2-6;2*1-6-3(5)2-4;1-3(2)4/h3*9-14H,1-8H2;7-10H,1-6H2;3-8H,1-2H2;5-6H,1-4H2;2*3-5H,2H2,1H3;1-2H3. The maximum atomic E-state index is 9.44. The second-order valence-electron chi connectivity index (χ2n) is 17.4. The molecule has 0 spiro atoms. The first-order valence-electron chi connectivity index (χ1n) is 29.4. The van der Waals surface area contributed by atoms with Crippen molar-refractivity contribution in [2.45, 2.75) is 74.5 Å². The predicted octanol–water partition coefficient (Wildman–Crippen LogP) is 13.9. The fourth-order valence-electron chi connectivity index (χ4n) is 4.50. The topological polar surface area (TPSA) is 148 Å². The Bertz CT molecular complexity index is 1240. The van der Waals surface area contributed by atoms with Crippen LogP contribution in [0.5, 0.6) is 0 Å². The van der Waals surface area contributed by atoms with Crippen molar-refractivity contribution in [1.82, 2.24) is 0 Å². The van der Waals surface area contributed by atoms with Crippen molar-refractivity contribution < 1.29 is 40.2 Å². The van der Waals surface area contributed by atoms with E-state index in [1.807, 2.05) is 141 Å². The van der Waals surface area contributed by atoms with Crippen LogP contribution in [0.1, 0.15) is 13.8 Å². The number of Topliss-reactive ketones (excluding diaryl/α,β-unsaturated/α-hetero) is 1. The normalized spacial score (nSPS) is 14.1. The fraction of sp³-hybridized carbons (Fsp3) is 0.981. The first kappa shape index (κ1) is 123. The molecule has 6 N–H and O–H groups in total. The average molecular weight is 1930 g/mol. The highest BCUT2D eigenvalue weighted by Crippen LogP contribution is 2.28. The van der Waals surface area contributed by atoms with Gasteiger partial charge in [0, 0.05) is 193 Å². The molecule has 0 aliphatic heterocycles. The zero-order chi connectivity index (χ0) is 73.7. The zero-order valence-electron chi connectivity index (χ0n) is 55.0. The SMILES string of the molecule is CC(C)=O.COC(O)CO.CSC(O)CO.OC(CS)C(O)CS.SCCSC(CS)CSCC(CS)SCCS.SCCSCC(CS)SC(CS)CSCCS.SCCSCC(CS)SCC(CS)SCCS.SCCSCC(CS)SCCS.SCCSCCS. The van der Waals surface area contributed by atoms with Gasteiger partial charge in [-0.2, -0.15) is 381 Å². The Morgan fingerprint density at radius 3 is 0.755 bits per heavy atom. The van der Waals surface area contributed by atoms with E-state index >= 15 is 0 Å². The summed E-state index contributed by atoms with van der Waals surface area (Å²) >= 11 is 105. The Hall–Kier alpha value is 10.6. The molecule has 0 fully saturated rings. The van der Waals surface area contributed by atoms with E-state index in [4.69, 9.17) is 30.6 Å². The number of hydrogen-bond donors (Lipinski definition) is 25. The molecule has 0 heterocycles. The van der Waals surface area contributed by atoms with Crippen molar-refractivity contribution in [2.24, 2.45) is 0 Å². The van der Waals surface area contributed by atoms with Gasteiger partial charge in [-0.25, -0.2) is 0 Å². The Kier molecular flexibility index (Phi) is 147. The third-order valence-electron chi connectivity index (χ3n) is 9.02. The predicted molar refractivity (Wildman–Crippen MR) is 539 cm³/mol. The Labute approximate surface area is 736 Å². The summed E-state index contributed by atoms with van der Waals surface area (Å²) in [7, 11) is 1.32. The lowest BCUT2D eigenvalue weighted by molar-refractivity contribution is -0.115. The molecule has 0 saturated carbocycles. The van der Waals surface area contributed by atoms with Gasteiger partial charge in [0.2, 0.25) is 0 Å². The summed E-state index contributed by atoms with van der Waals surface area (Å²) in [4.78, 5) is 9.44. The van der Waals surface area contributed by atoms with E-state index in [0.717, 1.165) is 155 Å².